The van der Waals surface area contributed by atoms with E-state index in [2.05, 4.69) is 0 Å². The zero-order valence-corrected chi connectivity index (χ0v) is 13.5. The van der Waals surface area contributed by atoms with Gasteiger partial charge in [0, 0.05) is 12.1 Å². The highest BCUT2D eigenvalue weighted by Crippen LogP contribution is 2.34. The van der Waals surface area contributed by atoms with Crippen molar-refractivity contribution in [2.45, 2.75) is 9.79 Å². The van der Waals surface area contributed by atoms with Crippen molar-refractivity contribution in [1.82, 2.24) is 4.70 Å². The van der Waals surface area contributed by atoms with Gasteiger partial charge in [0.2, 0.25) is 11.4 Å². The normalized spacial score (nSPS) is 15.3. The summed E-state index contributed by atoms with van der Waals surface area (Å²) in [4.78, 5) is -1.23. The Balaban J connectivity index is 2.45. The van der Waals surface area contributed by atoms with Crippen LogP contribution in [0.1, 0.15) is 11.1 Å². The lowest BCUT2D eigenvalue weighted by Crippen LogP contribution is -2.10. The molecule has 0 unspecified atom stereocenters. The Morgan fingerprint density at radius 1 is 0.750 bits per heavy atom. The van der Waals surface area contributed by atoms with E-state index in [0.29, 0.717) is 11.1 Å². The third-order valence-corrected chi connectivity index (χ3v) is 5.21. The number of hydrogen-bond donors (Lipinski definition) is 2. The molecular formula is C14H10N2O6S2. The number of nitrogens with zero attached hydrogens (tertiary/aromatic N) is 2. The lowest BCUT2D eigenvalue weighted by atomic mass is 10.1. The summed E-state index contributed by atoms with van der Waals surface area (Å²) in [6.45, 7) is 0. The molecule has 0 atom stereocenters. The highest BCUT2D eigenvalue weighted by molar-refractivity contribution is 7.86. The zero-order valence-electron chi connectivity index (χ0n) is 11.9. The first-order chi connectivity index (χ1) is 11.1. The highest BCUT2D eigenvalue weighted by atomic mass is 32.2. The van der Waals surface area contributed by atoms with Gasteiger partial charge in [-0.15, -0.1) is 0 Å². The van der Waals surface area contributed by atoms with Crippen LogP contribution in [0.4, 0.5) is 11.4 Å². The van der Waals surface area contributed by atoms with Gasteiger partial charge in [0.05, 0.1) is 0 Å². The van der Waals surface area contributed by atoms with Crippen molar-refractivity contribution in [2.24, 2.45) is 0 Å². The second-order valence-electron chi connectivity index (χ2n) is 5.05. The van der Waals surface area contributed by atoms with Crippen LogP contribution < -0.4 is 4.70 Å². The zero-order chi connectivity index (χ0) is 17.7. The Morgan fingerprint density at radius 2 is 1.12 bits per heavy atom. The van der Waals surface area contributed by atoms with E-state index >= 15 is 0 Å². The van der Waals surface area contributed by atoms with Gasteiger partial charge in [-0.3, -0.25) is 9.11 Å². The molecule has 10 heteroatoms. The average molecular weight is 366 g/mol. The van der Waals surface area contributed by atoms with Crippen molar-refractivity contribution in [2.75, 3.05) is 0 Å². The van der Waals surface area contributed by atoms with Crippen LogP contribution in [0.25, 0.3) is 17.7 Å². The Morgan fingerprint density at radius 3 is 1.46 bits per heavy atom. The molecule has 2 aromatic carbocycles. The van der Waals surface area contributed by atoms with Crippen molar-refractivity contribution in [3.63, 3.8) is 0 Å². The second kappa shape index (κ2) is 5.31. The quantitative estimate of drug-likeness (QED) is 0.528. The molecule has 0 saturated heterocycles. The lowest BCUT2D eigenvalue weighted by molar-refractivity contribution is 0.482. The first-order valence-corrected chi connectivity index (χ1v) is 9.35. The van der Waals surface area contributed by atoms with E-state index in [1.165, 1.54) is 36.4 Å². The molecule has 4 aliphatic heterocycles. The predicted octanol–water partition coefficient (Wildman–Crippen LogP) is 2.52. The fourth-order valence-electron chi connectivity index (χ4n) is 2.35. The predicted molar refractivity (Wildman–Crippen MR) is 86.3 cm³/mol. The Kier molecular flexibility index (Phi) is 3.64. The van der Waals surface area contributed by atoms with E-state index in [1.54, 1.807) is 0 Å². The number of benzene rings is 2. The van der Waals surface area contributed by atoms with Gasteiger partial charge in [0.15, 0.2) is 9.79 Å². The van der Waals surface area contributed by atoms with E-state index in [1.807, 2.05) is 0 Å². The summed E-state index contributed by atoms with van der Waals surface area (Å²) in [5.41, 5.74) is 10.4. The van der Waals surface area contributed by atoms with Gasteiger partial charge >= 0.3 is 20.2 Å². The van der Waals surface area contributed by atoms with Crippen LogP contribution in [0.5, 0.6) is 0 Å². The van der Waals surface area contributed by atoms with Gasteiger partial charge in [0.25, 0.3) is 0 Å². The molecule has 24 heavy (non-hydrogen) atoms. The average Bonchev–Trinajstić information content (AvgIpc) is 2.56. The molecule has 0 spiro atoms. The fourth-order valence-corrected chi connectivity index (χ4v) is 3.76. The van der Waals surface area contributed by atoms with Gasteiger partial charge in [-0.05, 0) is 35.4 Å². The SMILES string of the molecule is [N-]=[N+]1c2ccc(cc2S(=O)(=O)O)/C=C/c2ccc1c(S(=O)(=O)O)c2. The maximum absolute atomic E-state index is 11.6. The van der Waals surface area contributed by atoms with Crippen LogP contribution >= 0.6 is 0 Å². The smallest absolute Gasteiger partial charge is 0.301 e. The topological polar surface area (TPSA) is 134 Å². The molecule has 4 aliphatic rings. The summed E-state index contributed by atoms with van der Waals surface area (Å²) in [5.74, 6) is 0. The van der Waals surface area contributed by atoms with E-state index in [-0.39, 0.29) is 16.1 Å². The molecular weight excluding hydrogens is 356 g/mol. The van der Waals surface area contributed by atoms with E-state index in [4.69, 9.17) is 0 Å². The van der Waals surface area contributed by atoms with Gasteiger partial charge < -0.3 is 5.53 Å². The van der Waals surface area contributed by atoms with Crippen LogP contribution in [0.3, 0.4) is 0 Å². The van der Waals surface area contributed by atoms with Gasteiger partial charge in [0.1, 0.15) is 0 Å². The van der Waals surface area contributed by atoms with E-state index in [9.17, 15) is 31.5 Å². The summed E-state index contributed by atoms with van der Waals surface area (Å²) in [6, 6.07) is 7.61. The molecule has 2 aromatic rings. The summed E-state index contributed by atoms with van der Waals surface area (Å²) in [7, 11) is -9.40. The van der Waals surface area contributed by atoms with Crippen molar-refractivity contribution in [3.05, 3.63) is 53.1 Å². The molecule has 4 heterocycles. The molecule has 0 fully saturated rings. The molecule has 0 radical (unpaired) electrons. The van der Waals surface area contributed by atoms with Crippen LogP contribution in [0.15, 0.2) is 46.2 Å². The molecule has 0 aromatic heterocycles. The first kappa shape index (κ1) is 16.5. The number of hydrogen-bond acceptors (Lipinski definition) is 4. The third kappa shape index (κ3) is 2.87. The van der Waals surface area contributed by atoms with Crippen molar-refractivity contribution < 1.29 is 25.9 Å². The molecule has 6 rings (SSSR count). The third-order valence-electron chi connectivity index (χ3n) is 3.45. The van der Waals surface area contributed by atoms with Crippen molar-refractivity contribution >= 4 is 43.8 Å². The maximum Gasteiger partial charge on any atom is 0.301 e. The van der Waals surface area contributed by atoms with E-state index in [0.717, 1.165) is 12.1 Å². The van der Waals surface area contributed by atoms with Crippen LogP contribution in [0.2, 0.25) is 0 Å². The van der Waals surface area contributed by atoms with Crippen molar-refractivity contribution in [1.29, 1.82) is 0 Å². The molecule has 4 bridgehead atoms. The van der Waals surface area contributed by atoms with Gasteiger partial charge in [-0.1, -0.05) is 12.2 Å². The summed E-state index contributed by atoms with van der Waals surface area (Å²) in [5, 5.41) is 0. The molecule has 8 nitrogen and oxygen atoms in total. The monoisotopic (exact) mass is 366 g/mol. The Bertz CT molecular complexity index is 1030. The Labute approximate surface area is 137 Å². The Hall–Kier alpha value is -2.40. The minimum atomic E-state index is -4.70. The molecule has 2 N–H and O–H groups in total. The molecule has 0 aliphatic carbocycles. The molecule has 0 saturated carbocycles. The maximum atomic E-state index is 11.6. The van der Waals surface area contributed by atoms with Crippen LogP contribution in [0, 0.1) is 0 Å². The standard InChI is InChI=1S/C14H10N2O6S2/c15-16-11-5-3-9(7-13(11)23(17,18)19)1-2-10-4-6-12(16)14(8-10)24(20,21)22/h1-8H,(H,17,18,19)(H,20,21,22)/b2-1+. The van der Waals surface area contributed by atoms with Crippen molar-refractivity contribution in [3.8, 4) is 0 Å². The fraction of sp³-hybridized carbons (Fsp3) is 0. The van der Waals surface area contributed by atoms with Gasteiger partial charge in [-0.25, -0.2) is 4.70 Å². The molecule has 124 valence electrons. The lowest BCUT2D eigenvalue weighted by Gasteiger charge is -2.11. The van der Waals surface area contributed by atoms with Crippen LogP contribution in [-0.2, 0) is 20.2 Å². The second-order valence-corrected chi connectivity index (χ2v) is 7.83. The van der Waals surface area contributed by atoms with E-state index < -0.39 is 30.0 Å². The number of rotatable bonds is 2. The minimum Gasteiger partial charge on any atom is -0.493 e. The minimum absolute atomic E-state index is 0.283. The van der Waals surface area contributed by atoms with Crippen LogP contribution in [-0.4, -0.2) is 25.9 Å². The summed E-state index contributed by atoms with van der Waals surface area (Å²) < 4.78 is 65.4. The largest absolute Gasteiger partial charge is 0.493 e. The first-order valence-electron chi connectivity index (χ1n) is 6.47. The molecule has 0 amide bonds. The van der Waals surface area contributed by atoms with Gasteiger partial charge in [-0.2, -0.15) is 16.8 Å². The summed E-state index contributed by atoms with van der Waals surface area (Å²) in [6.07, 6.45) is 2.99. The summed E-state index contributed by atoms with van der Waals surface area (Å²) >= 11 is 0. The highest BCUT2D eigenvalue weighted by Gasteiger charge is 2.28.